The molecule has 0 spiro atoms. The van der Waals surface area contributed by atoms with Gasteiger partial charge in [0, 0.05) is 12.3 Å². The minimum atomic E-state index is -0.666. The van der Waals surface area contributed by atoms with Gasteiger partial charge in [0.1, 0.15) is 0 Å². The van der Waals surface area contributed by atoms with Gasteiger partial charge < -0.3 is 14.6 Å². The van der Waals surface area contributed by atoms with Crippen molar-refractivity contribution in [3.63, 3.8) is 0 Å². The summed E-state index contributed by atoms with van der Waals surface area (Å²) in [7, 11) is 0. The Morgan fingerprint density at radius 3 is 2.73 bits per heavy atom. The van der Waals surface area contributed by atoms with Gasteiger partial charge >= 0.3 is 0 Å². The topological polar surface area (TPSA) is 38.7 Å². The van der Waals surface area contributed by atoms with Crippen molar-refractivity contribution >= 4 is 0 Å². The van der Waals surface area contributed by atoms with Gasteiger partial charge in [0.15, 0.2) is 12.6 Å². The molecule has 2 rings (SSSR count). The lowest BCUT2D eigenvalue weighted by Gasteiger charge is -2.15. The van der Waals surface area contributed by atoms with Crippen LogP contribution in [0.1, 0.15) is 18.9 Å². The van der Waals surface area contributed by atoms with Gasteiger partial charge in [-0.15, -0.1) is 0 Å². The van der Waals surface area contributed by atoms with Crippen LogP contribution in [0.2, 0.25) is 0 Å². The second-order valence-corrected chi connectivity index (χ2v) is 3.97. The number of benzene rings is 1. The molecule has 1 aliphatic rings. The van der Waals surface area contributed by atoms with Crippen molar-refractivity contribution in [3.8, 4) is 0 Å². The Balaban J connectivity index is 1.84. The van der Waals surface area contributed by atoms with Crippen molar-refractivity contribution in [2.45, 2.75) is 32.5 Å². The first-order valence-corrected chi connectivity index (χ1v) is 5.25. The maximum Gasteiger partial charge on any atom is 0.163 e. The molecule has 0 aliphatic carbocycles. The Morgan fingerprint density at radius 1 is 1.40 bits per heavy atom. The van der Waals surface area contributed by atoms with Gasteiger partial charge in [-0.3, -0.25) is 0 Å². The normalized spacial score (nSPS) is 30.7. The summed E-state index contributed by atoms with van der Waals surface area (Å²) in [5, 5.41) is 9.26. The van der Waals surface area contributed by atoms with Crippen LogP contribution in [0.25, 0.3) is 0 Å². The Labute approximate surface area is 89.6 Å². The minimum absolute atomic E-state index is 0.253. The molecule has 0 bridgehead atoms. The van der Waals surface area contributed by atoms with Gasteiger partial charge in [0.25, 0.3) is 0 Å². The average molecular weight is 208 g/mol. The van der Waals surface area contributed by atoms with Crippen LogP contribution in [-0.4, -0.2) is 17.7 Å². The van der Waals surface area contributed by atoms with E-state index in [1.54, 1.807) is 0 Å². The maximum absolute atomic E-state index is 9.26. The molecule has 3 atom stereocenters. The van der Waals surface area contributed by atoms with E-state index >= 15 is 0 Å². The van der Waals surface area contributed by atoms with Crippen LogP contribution in [-0.2, 0) is 16.1 Å². The number of aliphatic hydroxyl groups is 1. The van der Waals surface area contributed by atoms with Gasteiger partial charge in [-0.05, 0) is 5.56 Å². The molecule has 1 aliphatic heterocycles. The van der Waals surface area contributed by atoms with Crippen LogP contribution in [0, 0.1) is 5.92 Å². The van der Waals surface area contributed by atoms with Gasteiger partial charge in [0.05, 0.1) is 6.61 Å². The summed E-state index contributed by atoms with van der Waals surface area (Å²) < 4.78 is 10.8. The third kappa shape index (κ3) is 2.78. The van der Waals surface area contributed by atoms with E-state index in [2.05, 4.69) is 0 Å². The fourth-order valence-corrected chi connectivity index (χ4v) is 1.73. The summed E-state index contributed by atoms with van der Waals surface area (Å²) in [5.74, 6) is 0.253. The van der Waals surface area contributed by atoms with E-state index in [-0.39, 0.29) is 12.2 Å². The van der Waals surface area contributed by atoms with E-state index in [9.17, 15) is 5.11 Å². The molecule has 3 nitrogen and oxygen atoms in total. The Hall–Kier alpha value is -0.900. The van der Waals surface area contributed by atoms with Gasteiger partial charge in [-0.2, -0.15) is 0 Å². The van der Waals surface area contributed by atoms with Crippen molar-refractivity contribution in [2.24, 2.45) is 5.92 Å². The number of hydrogen-bond acceptors (Lipinski definition) is 3. The molecule has 0 aromatic heterocycles. The molecule has 1 fully saturated rings. The van der Waals surface area contributed by atoms with Crippen molar-refractivity contribution in [1.29, 1.82) is 0 Å². The SMILES string of the molecule is C[C@H]1CC(O)OC1OCc1ccccc1. The lowest BCUT2D eigenvalue weighted by atomic mass is 10.1. The highest BCUT2D eigenvalue weighted by Crippen LogP contribution is 2.26. The van der Waals surface area contributed by atoms with E-state index in [1.165, 1.54) is 0 Å². The van der Waals surface area contributed by atoms with Gasteiger partial charge in [-0.1, -0.05) is 37.3 Å². The van der Waals surface area contributed by atoms with Crippen LogP contribution >= 0.6 is 0 Å². The average Bonchev–Trinajstić information content (AvgIpc) is 2.56. The number of ether oxygens (including phenoxy) is 2. The molecule has 1 heterocycles. The lowest BCUT2D eigenvalue weighted by molar-refractivity contribution is -0.198. The summed E-state index contributed by atoms with van der Waals surface area (Å²) >= 11 is 0. The summed E-state index contributed by atoms with van der Waals surface area (Å²) in [5.41, 5.74) is 1.12. The number of aliphatic hydroxyl groups excluding tert-OH is 1. The summed E-state index contributed by atoms with van der Waals surface area (Å²) in [6.45, 7) is 2.55. The Kier molecular flexibility index (Phi) is 3.36. The highest BCUT2D eigenvalue weighted by molar-refractivity contribution is 5.13. The van der Waals surface area contributed by atoms with E-state index in [0.29, 0.717) is 13.0 Å². The largest absolute Gasteiger partial charge is 0.368 e. The Bertz CT molecular complexity index is 299. The smallest absolute Gasteiger partial charge is 0.163 e. The molecule has 1 aromatic carbocycles. The molecule has 15 heavy (non-hydrogen) atoms. The third-order valence-electron chi connectivity index (χ3n) is 2.59. The molecule has 1 aromatic rings. The molecule has 1 saturated heterocycles. The van der Waals surface area contributed by atoms with Crippen molar-refractivity contribution < 1.29 is 14.6 Å². The van der Waals surface area contributed by atoms with Crippen molar-refractivity contribution in [1.82, 2.24) is 0 Å². The molecule has 0 amide bonds. The summed E-state index contributed by atoms with van der Waals surface area (Å²) in [6, 6.07) is 9.95. The van der Waals surface area contributed by atoms with Crippen LogP contribution in [0.3, 0.4) is 0 Å². The van der Waals surface area contributed by atoms with Crippen molar-refractivity contribution in [3.05, 3.63) is 35.9 Å². The predicted octanol–water partition coefficient (Wildman–Crippen LogP) is 1.90. The first-order chi connectivity index (χ1) is 7.25. The van der Waals surface area contributed by atoms with Crippen molar-refractivity contribution in [2.75, 3.05) is 0 Å². The standard InChI is InChI=1S/C12H16O3/c1-9-7-11(13)15-12(9)14-8-10-5-3-2-4-6-10/h2-6,9,11-13H,7-8H2,1H3/t9-,11?,12?/m0/s1. The predicted molar refractivity (Wildman–Crippen MR) is 55.9 cm³/mol. The molecule has 0 saturated carbocycles. The van der Waals surface area contributed by atoms with E-state index in [4.69, 9.17) is 9.47 Å². The lowest BCUT2D eigenvalue weighted by Crippen LogP contribution is -2.18. The first-order valence-electron chi connectivity index (χ1n) is 5.25. The van der Waals surface area contributed by atoms with Gasteiger partial charge in [0.2, 0.25) is 0 Å². The van der Waals surface area contributed by atoms with Gasteiger partial charge in [-0.25, -0.2) is 0 Å². The molecule has 82 valence electrons. The molecule has 3 heteroatoms. The van der Waals surface area contributed by atoms with E-state index < -0.39 is 6.29 Å². The van der Waals surface area contributed by atoms with Crippen LogP contribution < -0.4 is 0 Å². The molecular weight excluding hydrogens is 192 g/mol. The van der Waals surface area contributed by atoms with Crippen LogP contribution in [0.4, 0.5) is 0 Å². The minimum Gasteiger partial charge on any atom is -0.368 e. The summed E-state index contributed by atoms with van der Waals surface area (Å²) in [4.78, 5) is 0. The van der Waals surface area contributed by atoms with Crippen LogP contribution in [0.5, 0.6) is 0 Å². The number of rotatable bonds is 3. The molecule has 0 radical (unpaired) electrons. The Morgan fingerprint density at radius 2 is 2.13 bits per heavy atom. The zero-order chi connectivity index (χ0) is 10.7. The highest BCUT2D eigenvalue weighted by atomic mass is 16.7. The second-order valence-electron chi connectivity index (χ2n) is 3.97. The second kappa shape index (κ2) is 4.75. The monoisotopic (exact) mass is 208 g/mol. The molecular formula is C12H16O3. The van der Waals surface area contributed by atoms with Crippen LogP contribution in [0.15, 0.2) is 30.3 Å². The zero-order valence-electron chi connectivity index (χ0n) is 8.80. The first kappa shape index (κ1) is 10.6. The summed E-state index contributed by atoms with van der Waals surface area (Å²) in [6.07, 6.45) is -0.291. The third-order valence-corrected chi connectivity index (χ3v) is 2.59. The fraction of sp³-hybridized carbons (Fsp3) is 0.500. The fourth-order valence-electron chi connectivity index (χ4n) is 1.73. The zero-order valence-corrected chi connectivity index (χ0v) is 8.80. The molecule has 1 N–H and O–H groups in total. The highest BCUT2D eigenvalue weighted by Gasteiger charge is 2.31. The molecule has 2 unspecified atom stereocenters. The number of hydrogen-bond donors (Lipinski definition) is 1. The van der Waals surface area contributed by atoms with E-state index in [1.807, 2.05) is 37.3 Å². The quantitative estimate of drug-likeness (QED) is 0.824. The van der Waals surface area contributed by atoms with E-state index in [0.717, 1.165) is 5.56 Å². The maximum atomic E-state index is 9.26.